The summed E-state index contributed by atoms with van der Waals surface area (Å²) in [6.45, 7) is 4.67. The molecule has 0 fully saturated rings. The second kappa shape index (κ2) is 16.9. The van der Waals surface area contributed by atoms with Crippen LogP contribution in [0, 0.1) is 0 Å². The van der Waals surface area contributed by atoms with Crippen molar-refractivity contribution in [2.75, 3.05) is 0 Å². The molecule has 0 spiro atoms. The highest BCUT2D eigenvalue weighted by Gasteiger charge is 2.11. The summed E-state index contributed by atoms with van der Waals surface area (Å²) in [7, 11) is 0. The van der Waals surface area contributed by atoms with Gasteiger partial charge in [0.1, 0.15) is 22.6 Å². The molecule has 4 N–H and O–H groups in total. The number of carboxylic acids is 3. The predicted octanol–water partition coefficient (Wildman–Crippen LogP) is 2.59. The number of aromatic carboxylic acids is 2. The lowest BCUT2D eigenvalue weighted by Gasteiger charge is -2.03. The summed E-state index contributed by atoms with van der Waals surface area (Å²) in [5.74, 6) is -4.85. The Hall–Kier alpha value is -4.74. The fraction of sp³-hybridized carbons (Fsp3) is 0.182. The van der Waals surface area contributed by atoms with Crippen LogP contribution in [0.2, 0.25) is 0 Å². The fourth-order valence-electron chi connectivity index (χ4n) is 1.74. The van der Waals surface area contributed by atoms with E-state index < -0.39 is 35.8 Å². The molecule has 0 saturated carbocycles. The first-order valence-electron chi connectivity index (χ1n) is 9.09. The number of hydrogen-bond donors (Lipinski definition) is 4. The van der Waals surface area contributed by atoms with Crippen LogP contribution in [0.25, 0.3) is 0 Å². The van der Waals surface area contributed by atoms with Crippen molar-refractivity contribution < 1.29 is 58.7 Å². The number of aliphatic carboxylic acids is 1. The summed E-state index contributed by atoms with van der Waals surface area (Å²) in [6.07, 6.45) is 0. The molecule has 0 amide bonds. The van der Waals surface area contributed by atoms with Gasteiger partial charge in [-0.3, -0.25) is 19.2 Å². The Balaban J connectivity index is 0. The molecule has 0 aromatic heterocycles. The quantitative estimate of drug-likeness (QED) is 0.284. The monoisotopic (exact) mass is 480 g/mol. The summed E-state index contributed by atoms with van der Waals surface area (Å²) in [5, 5.41) is 33.4. The van der Waals surface area contributed by atoms with Crippen molar-refractivity contribution in [2.45, 2.75) is 27.7 Å². The zero-order chi connectivity index (χ0) is 26.8. The highest BCUT2D eigenvalue weighted by molar-refractivity contribution is 5.92. The van der Waals surface area contributed by atoms with Gasteiger partial charge in [-0.05, 0) is 24.3 Å². The maximum atomic E-state index is 10.6. The van der Waals surface area contributed by atoms with Gasteiger partial charge in [0.25, 0.3) is 5.97 Å². The first kappa shape index (κ1) is 31.4. The smallest absolute Gasteiger partial charge is 0.339 e. The van der Waals surface area contributed by atoms with Gasteiger partial charge in [-0.15, -0.1) is 0 Å². The van der Waals surface area contributed by atoms with Crippen LogP contribution in [-0.4, -0.2) is 56.2 Å². The van der Waals surface area contributed by atoms with Gasteiger partial charge in [-0.1, -0.05) is 24.3 Å². The summed E-state index contributed by atoms with van der Waals surface area (Å²) in [5.41, 5.74) is -0.0831. The number of esters is 3. The molecule has 0 saturated heterocycles. The lowest BCUT2D eigenvalue weighted by atomic mass is 10.2. The lowest BCUT2D eigenvalue weighted by molar-refractivity contribution is -0.156. The Morgan fingerprint density at radius 1 is 0.618 bits per heavy atom. The molecule has 0 bridgehead atoms. The molecular weight excluding hydrogens is 456 g/mol. The molecule has 0 radical (unpaired) electrons. The molecule has 0 heterocycles. The molecule has 12 heteroatoms. The highest BCUT2D eigenvalue weighted by Crippen LogP contribution is 2.17. The van der Waals surface area contributed by atoms with Crippen LogP contribution in [0.3, 0.4) is 0 Å². The minimum atomic E-state index is -1.11. The van der Waals surface area contributed by atoms with E-state index in [9.17, 15) is 24.0 Å². The summed E-state index contributed by atoms with van der Waals surface area (Å²) < 4.78 is 8.66. The third-order valence-electron chi connectivity index (χ3n) is 2.79. The molecule has 0 aliphatic heterocycles. The van der Waals surface area contributed by atoms with Crippen LogP contribution >= 0.6 is 0 Å². The average molecular weight is 480 g/mol. The Labute approximate surface area is 194 Å². The number of para-hydroxylation sites is 2. The van der Waals surface area contributed by atoms with Gasteiger partial charge >= 0.3 is 29.8 Å². The Morgan fingerprint density at radius 2 is 1.00 bits per heavy atom. The number of ether oxygens (including phenoxy) is 2. The van der Waals surface area contributed by atoms with Gasteiger partial charge in [-0.2, -0.15) is 0 Å². The predicted molar refractivity (Wildman–Crippen MR) is 116 cm³/mol. The number of phenols is 1. The van der Waals surface area contributed by atoms with E-state index in [0.29, 0.717) is 0 Å². The maximum Gasteiger partial charge on any atom is 0.339 e. The third-order valence-corrected chi connectivity index (χ3v) is 2.79. The van der Waals surface area contributed by atoms with Gasteiger partial charge in [-0.25, -0.2) is 9.59 Å². The van der Waals surface area contributed by atoms with Crippen LogP contribution < -0.4 is 4.74 Å². The van der Waals surface area contributed by atoms with Crippen molar-refractivity contribution in [2.24, 2.45) is 0 Å². The molecule has 0 unspecified atom stereocenters. The molecule has 2 rings (SSSR count). The number of rotatable bonds is 3. The minimum absolute atomic E-state index is 0.0160. The molecule has 2 aromatic carbocycles. The number of hydrogen-bond acceptors (Lipinski definition) is 9. The molecule has 0 aliphatic rings. The minimum Gasteiger partial charge on any atom is -0.507 e. The van der Waals surface area contributed by atoms with E-state index >= 15 is 0 Å². The highest BCUT2D eigenvalue weighted by atomic mass is 16.6. The van der Waals surface area contributed by atoms with Crippen LogP contribution in [0.15, 0.2) is 48.5 Å². The zero-order valence-electron chi connectivity index (χ0n) is 18.7. The van der Waals surface area contributed by atoms with Crippen molar-refractivity contribution in [1.29, 1.82) is 0 Å². The van der Waals surface area contributed by atoms with Crippen molar-refractivity contribution >= 4 is 35.8 Å². The fourth-order valence-corrected chi connectivity index (χ4v) is 1.74. The second-order valence-corrected chi connectivity index (χ2v) is 5.82. The number of benzene rings is 2. The third kappa shape index (κ3) is 17.0. The summed E-state index contributed by atoms with van der Waals surface area (Å²) >= 11 is 0. The van der Waals surface area contributed by atoms with Crippen molar-refractivity contribution in [3.05, 3.63) is 59.7 Å². The van der Waals surface area contributed by atoms with E-state index in [2.05, 4.69) is 9.47 Å². The Bertz CT molecular complexity index is 994. The van der Waals surface area contributed by atoms with E-state index in [1.807, 2.05) is 0 Å². The van der Waals surface area contributed by atoms with Gasteiger partial charge in [0.05, 0.1) is 0 Å². The maximum absolute atomic E-state index is 10.6. The van der Waals surface area contributed by atoms with Crippen LogP contribution in [0.1, 0.15) is 48.4 Å². The number of aromatic hydroxyl groups is 1. The van der Waals surface area contributed by atoms with Crippen LogP contribution in [0.4, 0.5) is 0 Å². The topological polar surface area (TPSA) is 202 Å². The van der Waals surface area contributed by atoms with Crippen LogP contribution in [0.5, 0.6) is 11.5 Å². The summed E-state index contributed by atoms with van der Waals surface area (Å²) in [6, 6.07) is 11.8. The zero-order valence-corrected chi connectivity index (χ0v) is 18.7. The summed E-state index contributed by atoms with van der Waals surface area (Å²) in [4.78, 5) is 60.1. The van der Waals surface area contributed by atoms with E-state index in [-0.39, 0.29) is 22.6 Å². The Morgan fingerprint density at radius 3 is 1.29 bits per heavy atom. The van der Waals surface area contributed by atoms with Crippen molar-refractivity contribution in [3.63, 3.8) is 0 Å². The normalized spacial score (nSPS) is 8.59. The van der Waals surface area contributed by atoms with Gasteiger partial charge in [0.2, 0.25) is 0 Å². The van der Waals surface area contributed by atoms with E-state index in [0.717, 1.165) is 6.92 Å². The number of carbonyl (C=O) groups excluding carboxylic acids is 3. The molecule has 12 nitrogen and oxygen atoms in total. The van der Waals surface area contributed by atoms with Crippen molar-refractivity contribution in [1.82, 2.24) is 0 Å². The average Bonchev–Trinajstić information content (AvgIpc) is 2.67. The van der Waals surface area contributed by atoms with Gasteiger partial charge < -0.3 is 29.9 Å². The number of carboxylic acid groups (broad SMARTS) is 3. The largest absolute Gasteiger partial charge is 0.507 e. The number of carbonyl (C=O) groups is 6. The molecule has 0 aliphatic carbocycles. The molecule has 34 heavy (non-hydrogen) atoms. The van der Waals surface area contributed by atoms with E-state index in [1.165, 1.54) is 45.0 Å². The molecule has 0 atom stereocenters. The van der Waals surface area contributed by atoms with Crippen LogP contribution in [-0.2, 0) is 23.9 Å². The van der Waals surface area contributed by atoms with Gasteiger partial charge in [0.15, 0.2) is 0 Å². The first-order valence-corrected chi connectivity index (χ1v) is 9.09. The SMILES string of the molecule is CC(=O)O.CC(=O)OC(C)=O.CC(=O)Oc1ccccc1C(=O)O.O=C(O)c1ccccc1O. The molecule has 2 aromatic rings. The standard InChI is InChI=1S/C9H8O4.C7H6O3.C4H6O3.C2H4O2/c1-6(10)13-8-5-3-2-4-7(8)9(11)12;8-6-4-2-1-3-5(6)7(9)10;1-3(5)7-4(2)6;1-2(3)4/h2-5H,1H3,(H,11,12);1-4,8H,(H,9,10);1-2H3;1H3,(H,3,4). The molecular formula is C22H24O12. The molecule has 184 valence electrons. The van der Waals surface area contributed by atoms with Crippen molar-refractivity contribution in [3.8, 4) is 11.5 Å². The van der Waals surface area contributed by atoms with E-state index in [1.54, 1.807) is 24.3 Å². The van der Waals surface area contributed by atoms with E-state index in [4.69, 9.17) is 25.2 Å². The van der Waals surface area contributed by atoms with Gasteiger partial charge in [0, 0.05) is 27.7 Å². The second-order valence-electron chi connectivity index (χ2n) is 5.82. The Kier molecular flexibility index (Phi) is 15.6. The lowest BCUT2D eigenvalue weighted by Crippen LogP contribution is -2.06. The first-order chi connectivity index (χ1) is 15.7.